The van der Waals surface area contributed by atoms with Crippen molar-refractivity contribution >= 4 is 12.0 Å². The molecule has 1 unspecified atom stereocenters. The molecule has 0 bridgehead atoms. The monoisotopic (exact) mass is 306 g/mol. The zero-order chi connectivity index (χ0) is 16.4. The summed E-state index contributed by atoms with van der Waals surface area (Å²) in [6.45, 7) is 4.06. The molecule has 1 aromatic rings. The molecular formula is C17H26N2O3. The molecule has 0 saturated carbocycles. The van der Waals surface area contributed by atoms with E-state index in [9.17, 15) is 9.59 Å². The fraction of sp³-hybridized carbons (Fsp3) is 0.529. The van der Waals surface area contributed by atoms with Crippen LogP contribution in [0.2, 0.25) is 0 Å². The minimum Gasteiger partial charge on any atom is -0.481 e. The lowest BCUT2D eigenvalue weighted by Gasteiger charge is -2.21. The largest absolute Gasteiger partial charge is 0.481 e. The first-order valence-electron chi connectivity index (χ1n) is 7.87. The van der Waals surface area contributed by atoms with E-state index >= 15 is 0 Å². The van der Waals surface area contributed by atoms with Crippen molar-refractivity contribution in [2.24, 2.45) is 0 Å². The van der Waals surface area contributed by atoms with Crippen LogP contribution < -0.4 is 10.6 Å². The number of carboxylic acids is 1. The molecular weight excluding hydrogens is 280 g/mol. The Kier molecular flexibility index (Phi) is 8.04. The number of nitrogens with one attached hydrogen (secondary N) is 2. The highest BCUT2D eigenvalue weighted by Crippen LogP contribution is 2.08. The van der Waals surface area contributed by atoms with Gasteiger partial charge in [-0.1, -0.05) is 44.2 Å². The number of hydrogen-bond donors (Lipinski definition) is 3. The number of benzene rings is 1. The lowest BCUT2D eigenvalue weighted by molar-refractivity contribution is -0.137. The van der Waals surface area contributed by atoms with Crippen LogP contribution in [0.4, 0.5) is 4.79 Å². The van der Waals surface area contributed by atoms with Crippen molar-refractivity contribution in [3.05, 3.63) is 35.9 Å². The molecule has 2 amide bonds. The highest BCUT2D eigenvalue weighted by Gasteiger charge is 2.16. The minimum atomic E-state index is -0.847. The predicted octanol–water partition coefficient (Wildman–Crippen LogP) is 2.95. The van der Waals surface area contributed by atoms with Crippen molar-refractivity contribution in [2.45, 2.75) is 58.0 Å². The highest BCUT2D eigenvalue weighted by molar-refractivity contribution is 5.74. The fourth-order valence-corrected chi connectivity index (χ4v) is 2.33. The molecule has 3 N–H and O–H groups in total. The Labute approximate surface area is 132 Å². The molecule has 0 heterocycles. The molecule has 122 valence electrons. The molecule has 1 aromatic carbocycles. The van der Waals surface area contributed by atoms with E-state index in [-0.39, 0.29) is 24.5 Å². The minimum absolute atomic E-state index is 0.0444. The summed E-state index contributed by atoms with van der Waals surface area (Å²) in [5.41, 5.74) is 1.08. The van der Waals surface area contributed by atoms with Crippen LogP contribution >= 0.6 is 0 Å². The number of carbonyl (C=O) groups is 2. The standard InChI is InChI=1S/C17H26N2O3/c1-3-14(4-2)18-17(22)19-15(10-11-16(20)21)12-13-8-6-5-7-9-13/h5-9,14-15H,3-4,10-12H2,1-2H3,(H,20,21)(H2,18,19,22). The molecule has 5 heteroatoms. The number of amides is 2. The van der Waals surface area contributed by atoms with Crippen molar-refractivity contribution in [3.63, 3.8) is 0 Å². The van der Waals surface area contributed by atoms with Crippen LogP contribution in [0.1, 0.15) is 45.1 Å². The van der Waals surface area contributed by atoms with Crippen LogP contribution in [0, 0.1) is 0 Å². The van der Waals surface area contributed by atoms with Crippen LogP contribution in [-0.2, 0) is 11.2 Å². The van der Waals surface area contributed by atoms with E-state index in [1.165, 1.54) is 0 Å². The second-order valence-electron chi connectivity index (χ2n) is 5.45. The van der Waals surface area contributed by atoms with Crippen LogP contribution in [0.3, 0.4) is 0 Å². The zero-order valence-electron chi connectivity index (χ0n) is 13.3. The molecule has 0 fully saturated rings. The summed E-state index contributed by atoms with van der Waals surface area (Å²) in [6, 6.07) is 9.51. The van der Waals surface area contributed by atoms with Gasteiger partial charge in [0.15, 0.2) is 0 Å². The summed E-state index contributed by atoms with van der Waals surface area (Å²) in [5.74, 6) is -0.847. The van der Waals surface area contributed by atoms with Crippen molar-refractivity contribution in [2.75, 3.05) is 0 Å². The molecule has 0 aliphatic carbocycles. The Morgan fingerprint density at radius 3 is 2.18 bits per heavy atom. The summed E-state index contributed by atoms with van der Waals surface area (Å²) in [5, 5.41) is 14.7. The van der Waals surface area contributed by atoms with Gasteiger partial charge in [0.2, 0.25) is 0 Å². The van der Waals surface area contributed by atoms with E-state index in [2.05, 4.69) is 10.6 Å². The lowest BCUT2D eigenvalue weighted by atomic mass is 10.0. The topological polar surface area (TPSA) is 78.4 Å². The van der Waals surface area contributed by atoms with Gasteiger partial charge >= 0.3 is 12.0 Å². The van der Waals surface area contributed by atoms with E-state index < -0.39 is 5.97 Å². The Hall–Kier alpha value is -2.04. The predicted molar refractivity (Wildman–Crippen MR) is 86.8 cm³/mol. The van der Waals surface area contributed by atoms with Gasteiger partial charge in [0.1, 0.15) is 0 Å². The van der Waals surface area contributed by atoms with E-state index in [1.807, 2.05) is 44.2 Å². The first-order chi connectivity index (χ1) is 10.5. The number of urea groups is 1. The van der Waals surface area contributed by atoms with Gasteiger partial charge in [-0.15, -0.1) is 0 Å². The number of rotatable bonds is 9. The summed E-state index contributed by atoms with van der Waals surface area (Å²) < 4.78 is 0. The Morgan fingerprint density at radius 1 is 1.05 bits per heavy atom. The second-order valence-corrected chi connectivity index (χ2v) is 5.45. The first kappa shape index (κ1) is 18.0. The molecule has 0 aliphatic heterocycles. The van der Waals surface area contributed by atoms with Gasteiger partial charge in [0.05, 0.1) is 0 Å². The van der Waals surface area contributed by atoms with E-state index in [4.69, 9.17) is 5.11 Å². The van der Waals surface area contributed by atoms with Crippen molar-refractivity contribution < 1.29 is 14.7 Å². The van der Waals surface area contributed by atoms with Gasteiger partial charge in [0.25, 0.3) is 0 Å². The van der Waals surface area contributed by atoms with Crippen LogP contribution in [0.15, 0.2) is 30.3 Å². The normalized spacial score (nSPS) is 12.0. The molecule has 0 spiro atoms. The molecule has 0 radical (unpaired) electrons. The van der Waals surface area contributed by atoms with Crippen molar-refractivity contribution in [1.29, 1.82) is 0 Å². The third-order valence-electron chi connectivity index (χ3n) is 3.69. The quantitative estimate of drug-likeness (QED) is 0.656. The number of hydrogen-bond acceptors (Lipinski definition) is 2. The molecule has 1 atom stereocenters. The SMILES string of the molecule is CCC(CC)NC(=O)NC(CCC(=O)O)Cc1ccccc1. The smallest absolute Gasteiger partial charge is 0.315 e. The third kappa shape index (κ3) is 7.11. The van der Waals surface area contributed by atoms with E-state index in [0.717, 1.165) is 18.4 Å². The molecule has 22 heavy (non-hydrogen) atoms. The Morgan fingerprint density at radius 2 is 1.64 bits per heavy atom. The van der Waals surface area contributed by atoms with Crippen LogP contribution in [-0.4, -0.2) is 29.2 Å². The average molecular weight is 306 g/mol. The maximum absolute atomic E-state index is 12.0. The molecule has 0 saturated heterocycles. The zero-order valence-corrected chi connectivity index (χ0v) is 13.3. The average Bonchev–Trinajstić information content (AvgIpc) is 2.51. The first-order valence-corrected chi connectivity index (χ1v) is 7.87. The van der Waals surface area contributed by atoms with Gasteiger partial charge in [-0.25, -0.2) is 4.79 Å². The molecule has 0 aliphatic rings. The summed E-state index contributed by atoms with van der Waals surface area (Å²) >= 11 is 0. The van der Waals surface area contributed by atoms with Crippen LogP contribution in [0.25, 0.3) is 0 Å². The van der Waals surface area contributed by atoms with Gasteiger partial charge < -0.3 is 15.7 Å². The molecule has 0 aromatic heterocycles. The highest BCUT2D eigenvalue weighted by atomic mass is 16.4. The lowest BCUT2D eigenvalue weighted by Crippen LogP contribution is -2.46. The van der Waals surface area contributed by atoms with E-state index in [0.29, 0.717) is 12.8 Å². The summed E-state index contributed by atoms with van der Waals surface area (Å²) in [6.07, 6.45) is 2.85. The third-order valence-corrected chi connectivity index (χ3v) is 3.69. The second kappa shape index (κ2) is 9.82. The number of carbonyl (C=O) groups excluding carboxylic acids is 1. The van der Waals surface area contributed by atoms with Gasteiger partial charge in [-0.2, -0.15) is 0 Å². The van der Waals surface area contributed by atoms with Crippen molar-refractivity contribution in [3.8, 4) is 0 Å². The maximum atomic E-state index is 12.0. The van der Waals surface area contributed by atoms with Gasteiger partial charge in [0, 0.05) is 18.5 Å². The number of carboxylic acid groups (broad SMARTS) is 1. The Balaban J connectivity index is 2.60. The Bertz CT molecular complexity index is 458. The van der Waals surface area contributed by atoms with Crippen molar-refractivity contribution in [1.82, 2.24) is 10.6 Å². The molecule has 5 nitrogen and oxygen atoms in total. The van der Waals surface area contributed by atoms with E-state index in [1.54, 1.807) is 0 Å². The summed E-state index contributed by atoms with van der Waals surface area (Å²) in [4.78, 5) is 22.8. The van der Waals surface area contributed by atoms with Gasteiger partial charge in [-0.3, -0.25) is 4.79 Å². The molecule has 1 rings (SSSR count). The maximum Gasteiger partial charge on any atom is 0.315 e. The fourth-order valence-electron chi connectivity index (χ4n) is 2.33. The van der Waals surface area contributed by atoms with Crippen LogP contribution in [0.5, 0.6) is 0 Å². The summed E-state index contributed by atoms with van der Waals surface area (Å²) in [7, 11) is 0. The van der Waals surface area contributed by atoms with Gasteiger partial charge in [-0.05, 0) is 31.2 Å². The number of aliphatic carboxylic acids is 1.